The lowest BCUT2D eigenvalue weighted by Gasteiger charge is -2.46. The van der Waals surface area contributed by atoms with Crippen molar-refractivity contribution in [2.24, 2.45) is 23.7 Å². The molecule has 1 amide bonds. The number of methoxy groups -OCH3 is 1. The molecule has 6 nitrogen and oxygen atoms in total. The Balaban J connectivity index is 1.44. The number of rotatable bonds is 2. The highest BCUT2D eigenvalue weighted by atomic mass is 35.5. The molecular formula is C36H47ClN2O4S. The van der Waals surface area contributed by atoms with Gasteiger partial charge in [0.15, 0.2) is 0 Å². The second-order valence-corrected chi connectivity index (χ2v) is 16.6. The summed E-state index contributed by atoms with van der Waals surface area (Å²) in [7, 11) is -1.14. The summed E-state index contributed by atoms with van der Waals surface area (Å²) in [6.45, 7) is 8.42. The molecule has 2 aliphatic carbocycles. The van der Waals surface area contributed by atoms with Crippen LogP contribution < -0.4 is 14.4 Å². The number of aryl methyl sites for hydroxylation is 1. The zero-order chi connectivity index (χ0) is 31.2. The molecule has 7 atom stereocenters. The average Bonchev–Trinajstić information content (AvgIpc) is 3.10. The number of carbonyl (C=O) groups excluding carboxylic acids is 1. The van der Waals surface area contributed by atoms with Crippen LogP contribution in [0.5, 0.6) is 5.75 Å². The molecule has 6 rings (SSSR count). The minimum atomic E-state index is -2.95. The zero-order valence-corrected chi connectivity index (χ0v) is 28.1. The highest BCUT2D eigenvalue weighted by Gasteiger charge is 2.44. The second-order valence-electron chi connectivity index (χ2n) is 14.0. The fraction of sp³-hybridized carbons (Fsp3) is 0.556. The first-order valence-corrected chi connectivity index (χ1v) is 18.4. The van der Waals surface area contributed by atoms with Crippen molar-refractivity contribution in [2.45, 2.75) is 76.1 Å². The standard InChI is InChI=1S/C36H47ClN2O4S/c1-23(2)34-24(3)8-6-10-32(42-4)29-14-11-27(29)20-39-21-36(17-7-9-25-18-28(37)13-15-30(25)36)22-43-33-16-12-26(19-31(33)39)35(40)38-44(34,5)41/h6,10,12-13,15-16,18-19,23-24,27,29,32,34H,5,7-9,11,14,17,20-22H2,1-4H3,(H,38,40,41)/b10-6+/t24-,27-,29+,32-,34+,36-,44?/m0/s1. The third-order valence-electron chi connectivity index (χ3n) is 10.7. The number of amides is 1. The Morgan fingerprint density at radius 1 is 1.20 bits per heavy atom. The molecule has 0 saturated heterocycles. The van der Waals surface area contributed by atoms with E-state index in [4.69, 9.17) is 21.1 Å². The summed E-state index contributed by atoms with van der Waals surface area (Å²) in [5.74, 6) is 5.53. The molecule has 4 aliphatic rings. The molecule has 0 radical (unpaired) electrons. The van der Waals surface area contributed by atoms with E-state index in [1.54, 1.807) is 6.07 Å². The fourth-order valence-corrected chi connectivity index (χ4v) is 11.0. The number of ether oxygens (including phenoxy) is 2. The van der Waals surface area contributed by atoms with Gasteiger partial charge in [-0.2, -0.15) is 0 Å². The van der Waals surface area contributed by atoms with Gasteiger partial charge < -0.3 is 14.4 Å². The van der Waals surface area contributed by atoms with Crippen molar-refractivity contribution in [2.75, 3.05) is 31.7 Å². The van der Waals surface area contributed by atoms with Gasteiger partial charge in [0.2, 0.25) is 0 Å². The van der Waals surface area contributed by atoms with E-state index in [0.717, 1.165) is 68.1 Å². The van der Waals surface area contributed by atoms with E-state index < -0.39 is 9.71 Å². The monoisotopic (exact) mass is 638 g/mol. The number of anilines is 1. The van der Waals surface area contributed by atoms with Crippen LogP contribution in [0.2, 0.25) is 5.02 Å². The van der Waals surface area contributed by atoms with Crippen molar-refractivity contribution in [3.63, 3.8) is 0 Å². The molecule has 8 heteroatoms. The highest BCUT2D eigenvalue weighted by molar-refractivity contribution is 7.99. The molecule has 2 aromatic carbocycles. The number of fused-ring (bicyclic) bond motifs is 4. The van der Waals surface area contributed by atoms with Gasteiger partial charge in [-0.3, -0.25) is 9.52 Å². The quantitative estimate of drug-likeness (QED) is 0.288. The van der Waals surface area contributed by atoms with Crippen molar-refractivity contribution in [3.8, 4) is 5.75 Å². The fourth-order valence-electron chi connectivity index (χ4n) is 8.51. The van der Waals surface area contributed by atoms with Crippen LogP contribution in [0, 0.1) is 23.7 Å². The SMILES string of the molecule is C=S1(=O)NC(=O)c2ccc3c(c2)N(C[C@@H]2CC[C@H]2[C@@H](OC)/C=C/C[C@H](C)[C@H]1C(C)C)C[C@@]1(CCCc2cc(Cl)ccc21)CO3. The Labute approximate surface area is 268 Å². The van der Waals surface area contributed by atoms with E-state index in [2.05, 4.69) is 60.5 Å². The lowest BCUT2D eigenvalue weighted by atomic mass is 9.68. The van der Waals surface area contributed by atoms with E-state index in [1.165, 1.54) is 11.1 Å². The molecule has 44 heavy (non-hydrogen) atoms. The summed E-state index contributed by atoms with van der Waals surface area (Å²) in [6.07, 6.45) is 10.5. The third-order valence-corrected chi connectivity index (χ3v) is 13.3. The molecule has 238 valence electrons. The van der Waals surface area contributed by atoms with Gasteiger partial charge in [-0.1, -0.05) is 50.6 Å². The Bertz CT molecular complexity index is 1540. The molecule has 1 spiro atoms. The van der Waals surface area contributed by atoms with Crippen molar-refractivity contribution < 1.29 is 18.5 Å². The lowest BCUT2D eigenvalue weighted by Crippen LogP contribution is -2.49. The summed E-state index contributed by atoms with van der Waals surface area (Å²) >= 11 is 6.44. The van der Waals surface area contributed by atoms with Gasteiger partial charge >= 0.3 is 0 Å². The Morgan fingerprint density at radius 2 is 2.02 bits per heavy atom. The number of halogens is 1. The van der Waals surface area contributed by atoms with Crippen molar-refractivity contribution in [1.29, 1.82) is 0 Å². The number of benzene rings is 2. The van der Waals surface area contributed by atoms with Gasteiger partial charge in [0.25, 0.3) is 5.91 Å². The summed E-state index contributed by atoms with van der Waals surface area (Å²) in [5, 5.41) is 0.494. The van der Waals surface area contributed by atoms with Crippen LogP contribution >= 0.6 is 11.6 Å². The summed E-state index contributed by atoms with van der Waals surface area (Å²) < 4.78 is 29.7. The van der Waals surface area contributed by atoms with Gasteiger partial charge in [0.1, 0.15) is 5.75 Å². The summed E-state index contributed by atoms with van der Waals surface area (Å²) in [6, 6.07) is 12.0. The van der Waals surface area contributed by atoms with Crippen LogP contribution in [0.3, 0.4) is 0 Å². The predicted octanol–water partition coefficient (Wildman–Crippen LogP) is 6.84. The normalized spacial score (nSPS) is 34.6. The average molecular weight is 639 g/mol. The maximum Gasteiger partial charge on any atom is 0.262 e. The van der Waals surface area contributed by atoms with Crippen molar-refractivity contribution >= 4 is 38.8 Å². The number of nitrogens with one attached hydrogen (secondary N) is 1. The smallest absolute Gasteiger partial charge is 0.262 e. The van der Waals surface area contributed by atoms with Crippen LogP contribution in [-0.2, 0) is 26.3 Å². The van der Waals surface area contributed by atoms with Crippen molar-refractivity contribution in [1.82, 2.24) is 4.72 Å². The first kappa shape index (κ1) is 31.5. The molecule has 2 aliphatic heterocycles. The molecule has 0 aromatic heterocycles. The highest BCUT2D eigenvalue weighted by Crippen LogP contribution is 2.47. The Morgan fingerprint density at radius 3 is 2.75 bits per heavy atom. The van der Waals surface area contributed by atoms with Crippen LogP contribution in [0.25, 0.3) is 0 Å². The second kappa shape index (κ2) is 12.4. The molecule has 1 fully saturated rings. The maximum atomic E-state index is 14.1. The number of allylic oxidation sites excluding steroid dienone is 1. The zero-order valence-electron chi connectivity index (χ0n) is 26.5. The molecule has 1 saturated carbocycles. The Kier molecular flexibility index (Phi) is 8.86. The number of nitrogens with zero attached hydrogens (tertiary/aromatic N) is 1. The molecule has 2 aromatic rings. The molecule has 1 unspecified atom stereocenters. The summed E-state index contributed by atoms with van der Waals surface area (Å²) in [5.41, 5.74) is 3.82. The van der Waals surface area contributed by atoms with Gasteiger partial charge in [0.05, 0.1) is 33.4 Å². The van der Waals surface area contributed by atoms with E-state index in [9.17, 15) is 9.00 Å². The van der Waals surface area contributed by atoms with Gasteiger partial charge in [-0.25, -0.2) is 4.21 Å². The Hall–Kier alpha value is -2.48. The topological polar surface area (TPSA) is 67.9 Å². The van der Waals surface area contributed by atoms with Crippen LogP contribution in [0.15, 0.2) is 48.6 Å². The summed E-state index contributed by atoms with van der Waals surface area (Å²) in [4.78, 5) is 16.2. The van der Waals surface area contributed by atoms with Crippen LogP contribution in [-0.4, -0.2) is 54.1 Å². The largest absolute Gasteiger partial charge is 0.490 e. The van der Waals surface area contributed by atoms with E-state index in [0.29, 0.717) is 24.0 Å². The minimum absolute atomic E-state index is 0.0238. The van der Waals surface area contributed by atoms with Crippen molar-refractivity contribution in [3.05, 3.63) is 70.3 Å². The van der Waals surface area contributed by atoms with E-state index >= 15 is 0 Å². The van der Waals surface area contributed by atoms with E-state index in [-0.39, 0.29) is 34.5 Å². The number of carbonyl (C=O) groups is 1. The van der Waals surface area contributed by atoms with Gasteiger partial charge in [-0.05, 0) is 110 Å². The molecule has 1 N–H and O–H groups in total. The number of hydrogen-bond donors (Lipinski definition) is 1. The van der Waals surface area contributed by atoms with E-state index in [1.807, 2.05) is 25.3 Å². The van der Waals surface area contributed by atoms with Crippen LogP contribution in [0.1, 0.15) is 74.4 Å². The van der Waals surface area contributed by atoms with Gasteiger partial charge in [0, 0.05) is 36.2 Å². The van der Waals surface area contributed by atoms with Gasteiger partial charge in [-0.15, -0.1) is 0 Å². The predicted molar refractivity (Wildman–Crippen MR) is 182 cm³/mol. The minimum Gasteiger partial charge on any atom is -0.490 e. The molecule has 2 heterocycles. The first-order valence-electron chi connectivity index (χ1n) is 16.2. The third kappa shape index (κ3) is 5.92. The maximum absolute atomic E-state index is 14.1. The molecular weight excluding hydrogens is 592 g/mol. The molecule has 2 bridgehead atoms. The number of hydrogen-bond acceptors (Lipinski definition) is 5. The van der Waals surface area contributed by atoms with Crippen LogP contribution in [0.4, 0.5) is 5.69 Å². The first-order chi connectivity index (χ1) is 21.0. The lowest BCUT2D eigenvalue weighted by molar-refractivity contribution is 0.0131.